The first-order valence-corrected chi connectivity index (χ1v) is 9.84. The number of rotatable bonds is 4. The van der Waals surface area contributed by atoms with Crippen molar-refractivity contribution in [3.8, 4) is 10.4 Å². The fourth-order valence-electron chi connectivity index (χ4n) is 3.38. The van der Waals surface area contributed by atoms with Crippen molar-refractivity contribution in [2.45, 2.75) is 25.7 Å². The zero-order valence-corrected chi connectivity index (χ0v) is 15.2. The largest absolute Gasteiger partial charge is 0.302 e. The fourth-order valence-corrected chi connectivity index (χ4v) is 4.46. The molecule has 24 heavy (non-hydrogen) atoms. The number of thiophene rings is 1. The molecule has 2 heterocycles. The topological polar surface area (TPSA) is 3.24 Å². The van der Waals surface area contributed by atoms with Crippen LogP contribution in [0.2, 0.25) is 4.34 Å². The second-order valence-corrected chi connectivity index (χ2v) is 8.60. The second-order valence-electron chi connectivity index (χ2n) is 6.88. The lowest BCUT2D eigenvalue weighted by Gasteiger charge is -2.28. The molecule has 0 atom stereocenters. The molecule has 2 aliphatic rings. The van der Waals surface area contributed by atoms with Crippen molar-refractivity contribution < 1.29 is 4.39 Å². The lowest BCUT2D eigenvalue weighted by atomic mass is 9.97. The summed E-state index contributed by atoms with van der Waals surface area (Å²) in [5.74, 6) is 0.763. The van der Waals surface area contributed by atoms with Crippen LogP contribution in [0.1, 0.15) is 31.2 Å². The number of likely N-dealkylation sites (tertiary alicyclic amines) is 1. The maximum atomic E-state index is 13.7. The monoisotopic (exact) mass is 361 g/mol. The molecule has 1 saturated carbocycles. The number of benzene rings is 1. The van der Waals surface area contributed by atoms with Crippen molar-refractivity contribution in [3.63, 3.8) is 0 Å². The predicted octanol–water partition coefficient (Wildman–Crippen LogP) is 6.10. The van der Waals surface area contributed by atoms with Crippen LogP contribution in [0.4, 0.5) is 4.39 Å². The Labute approximate surface area is 151 Å². The fraction of sp³-hybridized carbons (Fsp3) is 0.400. The SMILES string of the molecule is Fc1ccc(C=C2CCN(CC3CC3)CC2)c(-c2ccc(Cl)s2)c1. The first-order valence-electron chi connectivity index (χ1n) is 8.64. The zero-order chi connectivity index (χ0) is 16.5. The van der Waals surface area contributed by atoms with Gasteiger partial charge in [0.05, 0.1) is 4.34 Å². The van der Waals surface area contributed by atoms with Crippen LogP contribution < -0.4 is 0 Å². The van der Waals surface area contributed by atoms with Gasteiger partial charge in [0.2, 0.25) is 0 Å². The molecule has 126 valence electrons. The molecular formula is C20H21ClFNS. The molecule has 2 fully saturated rings. The van der Waals surface area contributed by atoms with Crippen LogP contribution in [0.15, 0.2) is 35.9 Å². The summed E-state index contributed by atoms with van der Waals surface area (Å²) in [6.45, 7) is 3.59. The molecule has 1 nitrogen and oxygen atoms in total. The third kappa shape index (κ3) is 3.90. The van der Waals surface area contributed by atoms with Crippen molar-refractivity contribution in [2.24, 2.45) is 5.92 Å². The number of piperidine rings is 1. The molecule has 4 heteroatoms. The van der Waals surface area contributed by atoms with Crippen molar-refractivity contribution in [1.29, 1.82) is 0 Å². The zero-order valence-electron chi connectivity index (χ0n) is 13.6. The summed E-state index contributed by atoms with van der Waals surface area (Å²) in [5.41, 5.74) is 3.51. The van der Waals surface area contributed by atoms with Crippen molar-refractivity contribution in [2.75, 3.05) is 19.6 Å². The number of nitrogens with zero attached hydrogens (tertiary/aromatic N) is 1. The van der Waals surface area contributed by atoms with Gasteiger partial charge < -0.3 is 4.90 Å². The first kappa shape index (κ1) is 16.3. The van der Waals surface area contributed by atoms with Crippen molar-refractivity contribution in [3.05, 3.63) is 51.6 Å². The quantitative estimate of drug-likeness (QED) is 0.636. The van der Waals surface area contributed by atoms with Crippen LogP contribution in [0, 0.1) is 11.7 Å². The van der Waals surface area contributed by atoms with E-state index in [0.717, 1.165) is 52.2 Å². The Morgan fingerprint density at radius 1 is 1.17 bits per heavy atom. The maximum absolute atomic E-state index is 13.7. The van der Waals surface area contributed by atoms with Gasteiger partial charge in [-0.05, 0) is 61.4 Å². The van der Waals surface area contributed by atoms with Crippen molar-refractivity contribution in [1.82, 2.24) is 4.90 Å². The Morgan fingerprint density at radius 3 is 2.62 bits per heavy atom. The highest BCUT2D eigenvalue weighted by molar-refractivity contribution is 7.19. The van der Waals surface area contributed by atoms with E-state index in [2.05, 4.69) is 11.0 Å². The van der Waals surface area contributed by atoms with Gasteiger partial charge in [-0.25, -0.2) is 4.39 Å². The molecule has 0 radical (unpaired) electrons. The first-order chi connectivity index (χ1) is 11.7. The third-order valence-corrected chi connectivity index (χ3v) is 6.19. The van der Waals surface area contributed by atoms with E-state index in [1.165, 1.54) is 36.3 Å². The molecule has 1 aliphatic carbocycles. The van der Waals surface area contributed by atoms with E-state index < -0.39 is 0 Å². The number of halogens is 2. The average molecular weight is 362 g/mol. The molecule has 1 aromatic carbocycles. The number of hydrogen-bond acceptors (Lipinski definition) is 2. The van der Waals surface area contributed by atoms with Crippen LogP contribution >= 0.6 is 22.9 Å². The highest BCUT2D eigenvalue weighted by Gasteiger charge is 2.25. The summed E-state index contributed by atoms with van der Waals surface area (Å²) < 4.78 is 14.5. The van der Waals surface area contributed by atoms with E-state index in [1.807, 2.05) is 18.2 Å². The standard InChI is InChI=1S/C20H21ClFNS/c21-20-6-5-19(24-20)18-12-17(22)4-3-16(18)11-14-7-9-23(10-8-14)13-15-1-2-15/h3-6,11-12,15H,1-2,7-10,13H2. The Hall–Kier alpha value is -1.16. The highest BCUT2D eigenvalue weighted by atomic mass is 35.5. The minimum absolute atomic E-state index is 0.198. The molecule has 0 amide bonds. The molecular weight excluding hydrogens is 341 g/mol. The Morgan fingerprint density at radius 2 is 1.96 bits per heavy atom. The van der Waals surface area contributed by atoms with Gasteiger partial charge in [-0.2, -0.15) is 0 Å². The second kappa shape index (κ2) is 6.99. The van der Waals surface area contributed by atoms with E-state index in [9.17, 15) is 4.39 Å². The molecule has 1 saturated heterocycles. The van der Waals surface area contributed by atoms with Gasteiger partial charge in [0.1, 0.15) is 5.82 Å². The predicted molar refractivity (Wildman–Crippen MR) is 101 cm³/mol. The molecule has 0 spiro atoms. The van der Waals surface area contributed by atoms with Crippen LogP contribution in [-0.2, 0) is 0 Å². The van der Waals surface area contributed by atoms with Gasteiger partial charge in [0.25, 0.3) is 0 Å². The minimum atomic E-state index is -0.198. The molecule has 0 N–H and O–H groups in total. The molecule has 0 unspecified atom stereocenters. The van der Waals surface area contributed by atoms with E-state index in [1.54, 1.807) is 12.1 Å². The van der Waals surface area contributed by atoms with Gasteiger partial charge in [-0.3, -0.25) is 0 Å². The Balaban J connectivity index is 1.53. The lowest BCUT2D eigenvalue weighted by Crippen LogP contribution is -2.32. The lowest BCUT2D eigenvalue weighted by molar-refractivity contribution is 0.247. The van der Waals surface area contributed by atoms with E-state index >= 15 is 0 Å². The maximum Gasteiger partial charge on any atom is 0.123 e. The highest BCUT2D eigenvalue weighted by Crippen LogP contribution is 2.35. The summed E-state index contributed by atoms with van der Waals surface area (Å²) >= 11 is 7.56. The average Bonchev–Trinajstić information content (AvgIpc) is 3.29. The Kier molecular flexibility index (Phi) is 4.75. The van der Waals surface area contributed by atoms with Gasteiger partial charge in [0, 0.05) is 30.1 Å². The minimum Gasteiger partial charge on any atom is -0.302 e. The summed E-state index contributed by atoms with van der Waals surface area (Å²) in [6, 6.07) is 8.91. The summed E-state index contributed by atoms with van der Waals surface area (Å²) in [6.07, 6.45) is 7.34. The van der Waals surface area contributed by atoms with Crippen molar-refractivity contribution >= 4 is 29.0 Å². The summed E-state index contributed by atoms with van der Waals surface area (Å²) in [5, 5.41) is 0. The molecule has 2 aromatic rings. The van der Waals surface area contributed by atoms with Gasteiger partial charge >= 0.3 is 0 Å². The molecule has 1 aromatic heterocycles. The molecule has 1 aliphatic heterocycles. The van der Waals surface area contributed by atoms with Gasteiger partial charge in [-0.15, -0.1) is 11.3 Å². The third-order valence-electron chi connectivity index (χ3n) is 4.93. The van der Waals surface area contributed by atoms with E-state index in [-0.39, 0.29) is 5.82 Å². The van der Waals surface area contributed by atoms with Crippen LogP contribution in [-0.4, -0.2) is 24.5 Å². The smallest absolute Gasteiger partial charge is 0.123 e. The van der Waals surface area contributed by atoms with Crippen LogP contribution in [0.25, 0.3) is 16.5 Å². The normalized spacial score (nSPS) is 18.8. The summed E-state index contributed by atoms with van der Waals surface area (Å²) in [7, 11) is 0. The van der Waals surface area contributed by atoms with Crippen LogP contribution in [0.3, 0.4) is 0 Å². The van der Waals surface area contributed by atoms with Gasteiger partial charge in [0.15, 0.2) is 0 Å². The van der Waals surface area contributed by atoms with Crippen LogP contribution in [0.5, 0.6) is 0 Å². The summed E-state index contributed by atoms with van der Waals surface area (Å²) in [4.78, 5) is 3.62. The number of hydrogen-bond donors (Lipinski definition) is 0. The Bertz CT molecular complexity index is 753. The molecule has 0 bridgehead atoms. The molecule has 4 rings (SSSR count). The van der Waals surface area contributed by atoms with E-state index in [0.29, 0.717) is 0 Å². The van der Waals surface area contributed by atoms with E-state index in [4.69, 9.17) is 11.6 Å². The van der Waals surface area contributed by atoms with Gasteiger partial charge in [-0.1, -0.05) is 29.3 Å².